The molecule has 0 radical (unpaired) electrons. The van der Waals surface area contributed by atoms with Gasteiger partial charge in [-0.2, -0.15) is 0 Å². The number of anilines is 1. The highest BCUT2D eigenvalue weighted by Gasteiger charge is 2.36. The molecule has 1 N–H and O–H groups in total. The van der Waals surface area contributed by atoms with E-state index in [1.54, 1.807) is 4.90 Å². The van der Waals surface area contributed by atoms with E-state index in [0.29, 0.717) is 12.2 Å². The molecule has 7 nitrogen and oxygen atoms in total. The summed E-state index contributed by atoms with van der Waals surface area (Å²) in [5.41, 5.74) is 0.458. The van der Waals surface area contributed by atoms with Crippen molar-refractivity contribution >= 4 is 28.3 Å². The first kappa shape index (κ1) is 21.0. The fourth-order valence-electron chi connectivity index (χ4n) is 3.90. The number of aromatic nitrogens is 1. The number of piperidine rings is 1. The molecule has 0 bridgehead atoms. The number of carbonyl (C=O) groups is 2. The molecule has 0 aromatic carbocycles. The Hall–Kier alpha value is -1.67. The van der Waals surface area contributed by atoms with E-state index in [2.05, 4.69) is 29.0 Å². The molecular weight excluding hydrogens is 374 g/mol. The Labute approximate surface area is 172 Å². The van der Waals surface area contributed by atoms with Crippen molar-refractivity contribution in [2.24, 2.45) is 0 Å². The van der Waals surface area contributed by atoms with Gasteiger partial charge in [-0.05, 0) is 32.2 Å². The highest BCUT2D eigenvalue weighted by Crippen LogP contribution is 2.24. The third kappa shape index (κ3) is 5.03. The summed E-state index contributed by atoms with van der Waals surface area (Å²) in [6.45, 7) is 10.2. The maximum atomic E-state index is 13.2. The van der Waals surface area contributed by atoms with E-state index in [9.17, 15) is 9.59 Å². The number of likely N-dealkylation sites (N-methyl/N-ethyl adjacent to an activating group) is 1. The molecule has 3 rings (SSSR count). The highest BCUT2D eigenvalue weighted by molar-refractivity contribution is 7.13. The maximum Gasteiger partial charge on any atom is 0.274 e. The number of nitrogens with one attached hydrogen (secondary N) is 1. The predicted molar refractivity (Wildman–Crippen MR) is 113 cm³/mol. The molecule has 2 aliphatic heterocycles. The summed E-state index contributed by atoms with van der Waals surface area (Å²) in [7, 11) is 0. The van der Waals surface area contributed by atoms with Crippen LogP contribution in [-0.2, 0) is 4.79 Å². The maximum absolute atomic E-state index is 13.2. The summed E-state index contributed by atoms with van der Waals surface area (Å²) >= 11 is 1.46. The fourth-order valence-corrected chi connectivity index (χ4v) is 4.61. The second kappa shape index (κ2) is 10.2. The van der Waals surface area contributed by atoms with Crippen LogP contribution in [0.3, 0.4) is 0 Å². The third-order valence-corrected chi connectivity index (χ3v) is 6.51. The average Bonchev–Trinajstić information content (AvgIpc) is 3.22. The third-order valence-electron chi connectivity index (χ3n) is 5.71. The number of unbranched alkanes of at least 4 members (excludes halogenated alkanes) is 1. The number of rotatable bonds is 7. The van der Waals surface area contributed by atoms with Gasteiger partial charge >= 0.3 is 0 Å². The summed E-state index contributed by atoms with van der Waals surface area (Å²) in [6.07, 6.45) is 4.90. The molecule has 2 aliphatic rings. The van der Waals surface area contributed by atoms with Crippen molar-refractivity contribution in [2.45, 2.75) is 52.0 Å². The van der Waals surface area contributed by atoms with E-state index in [1.165, 1.54) is 11.3 Å². The molecule has 156 valence electrons. The molecule has 2 saturated heterocycles. The number of piperazine rings is 1. The van der Waals surface area contributed by atoms with Gasteiger partial charge in [0.25, 0.3) is 5.91 Å². The molecule has 8 heteroatoms. The lowest BCUT2D eigenvalue weighted by atomic mass is 10.00. The Kier molecular flexibility index (Phi) is 7.67. The van der Waals surface area contributed by atoms with Gasteiger partial charge in [0.2, 0.25) is 5.91 Å². The topological polar surface area (TPSA) is 68.8 Å². The van der Waals surface area contributed by atoms with E-state index in [4.69, 9.17) is 0 Å². The Balaban J connectivity index is 1.64. The lowest BCUT2D eigenvalue weighted by Crippen LogP contribution is -2.57. The average molecular weight is 408 g/mol. The minimum Gasteiger partial charge on any atom is -0.362 e. The lowest BCUT2D eigenvalue weighted by molar-refractivity contribution is -0.139. The standard InChI is InChI=1S/C20H33N5O2S/c1-3-5-9-21-20-22-16(15-28-20)18(26)25-10-7-6-8-17(25)19(27)24-13-11-23(4-2)12-14-24/h15,17H,3-14H2,1-2H3,(H,21,22). The number of nitrogens with zero attached hydrogens (tertiary/aromatic N) is 4. The van der Waals surface area contributed by atoms with Crippen LogP contribution in [-0.4, -0.2) is 83.4 Å². The molecule has 1 aromatic rings. The van der Waals surface area contributed by atoms with Crippen LogP contribution in [0.25, 0.3) is 0 Å². The number of hydrogen-bond donors (Lipinski definition) is 1. The van der Waals surface area contributed by atoms with E-state index in [1.807, 2.05) is 10.3 Å². The smallest absolute Gasteiger partial charge is 0.274 e. The molecular formula is C20H33N5O2S. The summed E-state index contributed by atoms with van der Waals surface area (Å²) in [4.78, 5) is 36.8. The molecule has 2 amide bonds. The minimum absolute atomic E-state index is 0.106. The van der Waals surface area contributed by atoms with Crippen LogP contribution in [0.2, 0.25) is 0 Å². The zero-order valence-corrected chi connectivity index (χ0v) is 18.0. The van der Waals surface area contributed by atoms with Gasteiger partial charge in [0.15, 0.2) is 5.13 Å². The van der Waals surface area contributed by atoms with Crippen molar-refractivity contribution in [3.63, 3.8) is 0 Å². The van der Waals surface area contributed by atoms with Crippen LogP contribution >= 0.6 is 11.3 Å². The number of amides is 2. The molecule has 2 fully saturated rings. The molecule has 0 saturated carbocycles. The quantitative estimate of drug-likeness (QED) is 0.704. The second-order valence-corrected chi connectivity index (χ2v) is 8.45. The Morgan fingerprint density at radius 2 is 1.96 bits per heavy atom. The van der Waals surface area contributed by atoms with Crippen molar-refractivity contribution in [1.29, 1.82) is 0 Å². The molecule has 1 unspecified atom stereocenters. The van der Waals surface area contributed by atoms with E-state index >= 15 is 0 Å². The first-order chi connectivity index (χ1) is 13.6. The highest BCUT2D eigenvalue weighted by atomic mass is 32.1. The number of likely N-dealkylation sites (tertiary alicyclic amines) is 1. The summed E-state index contributed by atoms with van der Waals surface area (Å²) in [5.74, 6) is 0.00497. The minimum atomic E-state index is -0.340. The van der Waals surface area contributed by atoms with Crippen LogP contribution in [0.5, 0.6) is 0 Å². The van der Waals surface area contributed by atoms with E-state index in [-0.39, 0.29) is 17.9 Å². The molecule has 1 aromatic heterocycles. The van der Waals surface area contributed by atoms with E-state index < -0.39 is 0 Å². The van der Waals surface area contributed by atoms with Crippen LogP contribution in [0, 0.1) is 0 Å². The zero-order valence-electron chi connectivity index (χ0n) is 17.2. The number of hydrogen-bond acceptors (Lipinski definition) is 6. The largest absolute Gasteiger partial charge is 0.362 e. The van der Waals surface area contributed by atoms with Crippen molar-refractivity contribution in [1.82, 2.24) is 19.7 Å². The first-order valence-electron chi connectivity index (χ1n) is 10.7. The molecule has 28 heavy (non-hydrogen) atoms. The van der Waals surface area contributed by atoms with Crippen molar-refractivity contribution in [2.75, 3.05) is 51.1 Å². The molecule has 1 atom stereocenters. The van der Waals surface area contributed by atoms with Crippen molar-refractivity contribution in [3.05, 3.63) is 11.1 Å². The summed E-state index contributed by atoms with van der Waals surface area (Å²) in [6, 6.07) is -0.340. The van der Waals surface area contributed by atoms with Gasteiger partial charge in [0, 0.05) is 44.6 Å². The Morgan fingerprint density at radius 3 is 2.68 bits per heavy atom. The Morgan fingerprint density at radius 1 is 1.18 bits per heavy atom. The summed E-state index contributed by atoms with van der Waals surface area (Å²) in [5, 5.41) is 5.87. The normalized spacial score (nSPS) is 21.0. The van der Waals surface area contributed by atoms with Crippen LogP contribution in [0.1, 0.15) is 56.4 Å². The van der Waals surface area contributed by atoms with Crippen LogP contribution < -0.4 is 5.32 Å². The van der Waals surface area contributed by atoms with Gasteiger partial charge in [-0.15, -0.1) is 11.3 Å². The van der Waals surface area contributed by atoms with Gasteiger partial charge in [0.05, 0.1) is 0 Å². The molecule has 0 aliphatic carbocycles. The van der Waals surface area contributed by atoms with Gasteiger partial charge in [0.1, 0.15) is 11.7 Å². The zero-order chi connectivity index (χ0) is 19.9. The SMILES string of the molecule is CCCCNc1nc(C(=O)N2CCCCC2C(=O)N2CCN(CC)CC2)cs1. The van der Waals surface area contributed by atoms with E-state index in [0.717, 1.165) is 76.5 Å². The molecule has 0 spiro atoms. The van der Waals surface area contributed by atoms with Gasteiger partial charge in [-0.25, -0.2) is 4.98 Å². The van der Waals surface area contributed by atoms with Gasteiger partial charge in [-0.1, -0.05) is 20.3 Å². The fraction of sp³-hybridized carbons (Fsp3) is 0.750. The van der Waals surface area contributed by atoms with Gasteiger partial charge in [-0.3, -0.25) is 9.59 Å². The first-order valence-corrected chi connectivity index (χ1v) is 11.5. The Bertz CT molecular complexity index is 657. The number of thiazole rings is 1. The van der Waals surface area contributed by atoms with Crippen LogP contribution in [0.4, 0.5) is 5.13 Å². The monoisotopic (exact) mass is 407 g/mol. The predicted octanol–water partition coefficient (Wildman–Crippen LogP) is 2.51. The second-order valence-electron chi connectivity index (χ2n) is 7.59. The van der Waals surface area contributed by atoms with Crippen molar-refractivity contribution < 1.29 is 9.59 Å². The van der Waals surface area contributed by atoms with Crippen molar-refractivity contribution in [3.8, 4) is 0 Å². The van der Waals surface area contributed by atoms with Crippen LogP contribution in [0.15, 0.2) is 5.38 Å². The lowest BCUT2D eigenvalue weighted by Gasteiger charge is -2.40. The van der Waals surface area contributed by atoms with Gasteiger partial charge < -0.3 is 20.0 Å². The molecule has 3 heterocycles. The summed E-state index contributed by atoms with van der Waals surface area (Å²) < 4.78 is 0. The number of carbonyl (C=O) groups excluding carboxylic acids is 2.